The molecule has 1 atom stereocenters. The minimum Gasteiger partial charge on any atom is -0.390 e. The summed E-state index contributed by atoms with van der Waals surface area (Å²) in [6.45, 7) is 3.54. The van der Waals surface area contributed by atoms with Gasteiger partial charge in [-0.2, -0.15) is 0 Å². The Bertz CT molecular complexity index is 834. The summed E-state index contributed by atoms with van der Waals surface area (Å²) in [7, 11) is 0. The molecule has 6 heteroatoms. The van der Waals surface area contributed by atoms with Crippen molar-refractivity contribution in [1.29, 1.82) is 0 Å². The number of halogens is 1. The van der Waals surface area contributed by atoms with Gasteiger partial charge in [-0.1, -0.05) is 30.3 Å². The molecule has 0 unspecified atom stereocenters. The third kappa shape index (κ3) is 3.44. The topological polar surface area (TPSA) is 74.6 Å². The van der Waals surface area contributed by atoms with Crippen molar-refractivity contribution in [2.24, 2.45) is 4.99 Å². The van der Waals surface area contributed by atoms with Gasteiger partial charge in [0.05, 0.1) is 37.0 Å². The van der Waals surface area contributed by atoms with Gasteiger partial charge in [0.1, 0.15) is 0 Å². The number of aromatic nitrogens is 1. The summed E-state index contributed by atoms with van der Waals surface area (Å²) in [6.07, 6.45) is -0.178. The smallest absolute Gasteiger partial charge is 0.226 e. The van der Waals surface area contributed by atoms with Gasteiger partial charge in [0, 0.05) is 16.8 Å². The number of carbonyl (C=O) groups excluding carboxylic acids is 1. The van der Waals surface area contributed by atoms with E-state index < -0.39 is 5.82 Å². The third-order valence-corrected chi connectivity index (χ3v) is 4.37. The monoisotopic (exact) mass is 341 g/mol. The Balaban J connectivity index is 1.78. The average Bonchev–Trinajstić information content (AvgIpc) is 3.00. The lowest BCUT2D eigenvalue weighted by molar-refractivity contribution is -0.121. The van der Waals surface area contributed by atoms with E-state index in [1.807, 2.05) is 37.3 Å². The largest absolute Gasteiger partial charge is 0.390 e. The van der Waals surface area contributed by atoms with Crippen molar-refractivity contribution in [3.05, 3.63) is 64.2 Å². The van der Waals surface area contributed by atoms with Gasteiger partial charge < -0.3 is 10.4 Å². The number of pyridine rings is 1. The normalized spacial score (nSPS) is 14.0. The molecule has 1 aliphatic rings. The first-order chi connectivity index (χ1) is 12.0. The lowest BCUT2D eigenvalue weighted by Gasteiger charge is -2.15. The molecule has 0 saturated heterocycles. The Kier molecular flexibility index (Phi) is 4.90. The zero-order valence-electron chi connectivity index (χ0n) is 14.2. The second kappa shape index (κ2) is 7.11. The summed E-state index contributed by atoms with van der Waals surface area (Å²) in [5.74, 6) is -0.822. The van der Waals surface area contributed by atoms with Crippen LogP contribution in [0.1, 0.15) is 48.0 Å². The van der Waals surface area contributed by atoms with Crippen LogP contribution in [-0.2, 0) is 24.4 Å². The zero-order chi connectivity index (χ0) is 18.0. The molecule has 2 heterocycles. The summed E-state index contributed by atoms with van der Waals surface area (Å²) < 4.78 is 14.7. The molecule has 130 valence electrons. The Labute approximate surface area is 145 Å². The van der Waals surface area contributed by atoms with Gasteiger partial charge in [0.25, 0.3) is 0 Å². The number of benzene rings is 1. The molecule has 0 bridgehead atoms. The number of aliphatic imine (C=N–C) groups is 1. The molecule has 1 aromatic carbocycles. The molecule has 0 fully saturated rings. The van der Waals surface area contributed by atoms with E-state index in [0.717, 1.165) is 5.56 Å². The molecule has 1 amide bonds. The SMILES string of the molecule is CC1=NCc2c(F)c(CC(=O)N[C@H](C)c3ccccc3)nc(CO)c21. The third-order valence-electron chi connectivity index (χ3n) is 4.37. The Morgan fingerprint density at radius 1 is 1.32 bits per heavy atom. The summed E-state index contributed by atoms with van der Waals surface area (Å²) in [5.41, 5.74) is 3.04. The first-order valence-corrected chi connectivity index (χ1v) is 8.18. The number of hydrogen-bond acceptors (Lipinski definition) is 4. The van der Waals surface area contributed by atoms with Gasteiger partial charge in [-0.15, -0.1) is 0 Å². The van der Waals surface area contributed by atoms with Crippen LogP contribution in [0.3, 0.4) is 0 Å². The molecule has 0 saturated carbocycles. The quantitative estimate of drug-likeness (QED) is 0.877. The number of aliphatic hydroxyl groups excluding tert-OH is 1. The van der Waals surface area contributed by atoms with Crippen LogP contribution in [0.25, 0.3) is 0 Å². The van der Waals surface area contributed by atoms with Crippen molar-refractivity contribution in [2.45, 2.75) is 39.5 Å². The predicted molar refractivity (Wildman–Crippen MR) is 92.7 cm³/mol. The first-order valence-electron chi connectivity index (χ1n) is 8.18. The van der Waals surface area contributed by atoms with Crippen molar-refractivity contribution < 1.29 is 14.3 Å². The zero-order valence-corrected chi connectivity index (χ0v) is 14.2. The number of nitrogens with one attached hydrogen (secondary N) is 1. The lowest BCUT2D eigenvalue weighted by atomic mass is 10.0. The minimum atomic E-state index is -0.504. The molecule has 5 nitrogen and oxygen atoms in total. The molecule has 1 aliphatic heterocycles. The van der Waals surface area contributed by atoms with E-state index in [-0.39, 0.29) is 37.2 Å². The van der Waals surface area contributed by atoms with E-state index in [1.165, 1.54) is 0 Å². The number of rotatable bonds is 5. The van der Waals surface area contributed by atoms with Crippen molar-refractivity contribution in [3.63, 3.8) is 0 Å². The molecular formula is C19H20FN3O2. The molecular weight excluding hydrogens is 321 g/mol. The predicted octanol–water partition coefficient (Wildman–Crippen LogP) is 2.46. The maximum absolute atomic E-state index is 14.7. The second-order valence-corrected chi connectivity index (χ2v) is 6.11. The van der Waals surface area contributed by atoms with E-state index in [4.69, 9.17) is 0 Å². The van der Waals surface area contributed by atoms with E-state index in [2.05, 4.69) is 15.3 Å². The molecule has 1 aromatic heterocycles. The number of nitrogens with zero attached hydrogens (tertiary/aromatic N) is 2. The van der Waals surface area contributed by atoms with Gasteiger partial charge in [-0.3, -0.25) is 14.8 Å². The van der Waals surface area contributed by atoms with Crippen molar-refractivity contribution in [3.8, 4) is 0 Å². The second-order valence-electron chi connectivity index (χ2n) is 6.11. The van der Waals surface area contributed by atoms with Crippen molar-refractivity contribution in [1.82, 2.24) is 10.3 Å². The fourth-order valence-electron chi connectivity index (χ4n) is 3.08. The molecule has 2 aromatic rings. The highest BCUT2D eigenvalue weighted by atomic mass is 19.1. The molecule has 3 rings (SSSR count). The summed E-state index contributed by atoms with van der Waals surface area (Å²) in [6, 6.07) is 9.36. The van der Waals surface area contributed by atoms with Gasteiger partial charge in [-0.25, -0.2) is 4.39 Å². The van der Waals surface area contributed by atoms with Crippen LogP contribution in [0.4, 0.5) is 4.39 Å². The lowest BCUT2D eigenvalue weighted by Crippen LogP contribution is -2.29. The van der Waals surface area contributed by atoms with Crippen LogP contribution < -0.4 is 5.32 Å². The number of carbonyl (C=O) groups is 1. The first kappa shape index (κ1) is 17.2. The number of aliphatic hydroxyl groups is 1. The van der Waals surface area contributed by atoms with Gasteiger partial charge >= 0.3 is 0 Å². The van der Waals surface area contributed by atoms with Crippen LogP contribution in [0, 0.1) is 5.82 Å². The Hall–Kier alpha value is -2.60. The van der Waals surface area contributed by atoms with Crippen LogP contribution in [-0.4, -0.2) is 21.7 Å². The van der Waals surface area contributed by atoms with E-state index in [0.29, 0.717) is 22.5 Å². The maximum Gasteiger partial charge on any atom is 0.226 e. The highest BCUT2D eigenvalue weighted by Crippen LogP contribution is 2.26. The Morgan fingerprint density at radius 2 is 2.04 bits per heavy atom. The fraction of sp³-hybridized carbons (Fsp3) is 0.316. The van der Waals surface area contributed by atoms with E-state index in [9.17, 15) is 14.3 Å². The highest BCUT2D eigenvalue weighted by Gasteiger charge is 2.25. The molecule has 0 radical (unpaired) electrons. The van der Waals surface area contributed by atoms with Gasteiger partial charge in [-0.05, 0) is 19.4 Å². The standard InChI is InChI=1S/C19H20FN3O2/c1-11(13-6-4-3-5-7-13)22-17(25)8-15-19(20)14-9-21-12(2)18(14)16(10-24)23-15/h3-7,11,24H,8-10H2,1-2H3,(H,22,25)/t11-/m1/s1. The average molecular weight is 341 g/mol. The summed E-state index contributed by atoms with van der Waals surface area (Å²) in [4.78, 5) is 20.7. The van der Waals surface area contributed by atoms with Gasteiger partial charge in [0.2, 0.25) is 5.91 Å². The molecule has 0 aliphatic carbocycles. The number of fused-ring (bicyclic) bond motifs is 1. The number of amides is 1. The molecule has 2 N–H and O–H groups in total. The minimum absolute atomic E-state index is 0.0467. The van der Waals surface area contributed by atoms with Crippen LogP contribution in [0.2, 0.25) is 0 Å². The van der Waals surface area contributed by atoms with E-state index >= 15 is 0 Å². The molecule has 0 spiro atoms. The van der Waals surface area contributed by atoms with Crippen LogP contribution in [0.5, 0.6) is 0 Å². The number of hydrogen-bond donors (Lipinski definition) is 2. The van der Waals surface area contributed by atoms with Crippen molar-refractivity contribution in [2.75, 3.05) is 0 Å². The highest BCUT2D eigenvalue weighted by molar-refractivity contribution is 6.03. The van der Waals surface area contributed by atoms with E-state index in [1.54, 1.807) is 6.92 Å². The maximum atomic E-state index is 14.7. The summed E-state index contributed by atoms with van der Waals surface area (Å²) in [5, 5.41) is 12.4. The van der Waals surface area contributed by atoms with Crippen molar-refractivity contribution >= 4 is 11.6 Å². The fourth-order valence-corrected chi connectivity index (χ4v) is 3.08. The van der Waals surface area contributed by atoms with Crippen LogP contribution in [0.15, 0.2) is 35.3 Å². The van der Waals surface area contributed by atoms with Gasteiger partial charge in [0.15, 0.2) is 5.82 Å². The Morgan fingerprint density at radius 3 is 2.72 bits per heavy atom. The summed E-state index contributed by atoms with van der Waals surface area (Å²) >= 11 is 0. The van der Waals surface area contributed by atoms with Crippen LogP contribution >= 0.6 is 0 Å². The molecule has 25 heavy (non-hydrogen) atoms.